The first-order chi connectivity index (χ1) is 16.9. The van der Waals surface area contributed by atoms with Gasteiger partial charge in [-0.05, 0) is 37.7 Å². The van der Waals surface area contributed by atoms with Crippen LogP contribution in [0.2, 0.25) is 0 Å². The maximum atomic E-state index is 13.0. The summed E-state index contributed by atoms with van der Waals surface area (Å²) in [6, 6.07) is 10.7. The Bertz CT molecular complexity index is 969. The van der Waals surface area contributed by atoms with Crippen molar-refractivity contribution in [1.29, 1.82) is 0 Å². The summed E-state index contributed by atoms with van der Waals surface area (Å²) in [5, 5.41) is 12.9. The van der Waals surface area contributed by atoms with Crippen molar-refractivity contribution in [2.24, 2.45) is 5.92 Å². The van der Waals surface area contributed by atoms with Crippen molar-refractivity contribution >= 4 is 11.9 Å². The van der Waals surface area contributed by atoms with Crippen molar-refractivity contribution in [2.45, 2.75) is 50.9 Å². The molecule has 0 radical (unpaired) electrons. The van der Waals surface area contributed by atoms with Gasteiger partial charge in [-0.1, -0.05) is 36.8 Å². The van der Waals surface area contributed by atoms with Gasteiger partial charge >= 0.3 is 5.97 Å². The molecule has 1 aromatic carbocycles. The van der Waals surface area contributed by atoms with E-state index in [9.17, 15) is 14.7 Å². The molecule has 35 heavy (non-hydrogen) atoms. The number of hydrogen-bond acceptors (Lipinski definition) is 8. The van der Waals surface area contributed by atoms with Crippen LogP contribution in [-0.4, -0.2) is 67.7 Å². The fourth-order valence-corrected chi connectivity index (χ4v) is 4.38. The molecule has 9 nitrogen and oxygen atoms in total. The highest BCUT2D eigenvalue weighted by Crippen LogP contribution is 2.29. The fraction of sp³-hybridized carbons (Fsp3) is 0.500. The van der Waals surface area contributed by atoms with Crippen molar-refractivity contribution in [3.8, 4) is 11.5 Å². The van der Waals surface area contributed by atoms with Crippen molar-refractivity contribution < 1.29 is 33.6 Å². The second-order valence-electron chi connectivity index (χ2n) is 8.59. The van der Waals surface area contributed by atoms with Gasteiger partial charge in [0.1, 0.15) is 12.1 Å². The molecule has 0 aliphatic carbocycles. The normalized spacial score (nSPS) is 22.9. The first kappa shape index (κ1) is 26.4. The van der Waals surface area contributed by atoms with Gasteiger partial charge < -0.3 is 29.4 Å². The van der Waals surface area contributed by atoms with E-state index in [1.54, 1.807) is 7.11 Å². The highest BCUT2D eigenvalue weighted by molar-refractivity contribution is 5.97. The molecule has 1 aliphatic heterocycles. The quantitative estimate of drug-likeness (QED) is 0.411. The predicted octanol–water partition coefficient (Wildman–Crippen LogP) is 2.90. The number of amides is 1. The number of hydrogen-bond donors (Lipinski definition) is 2. The summed E-state index contributed by atoms with van der Waals surface area (Å²) in [4.78, 5) is 29.8. The molecule has 1 aliphatic rings. The Morgan fingerprint density at radius 2 is 1.94 bits per heavy atom. The summed E-state index contributed by atoms with van der Waals surface area (Å²) in [6.45, 7) is 2.63. The van der Waals surface area contributed by atoms with Gasteiger partial charge in [0.15, 0.2) is 17.2 Å². The number of aromatic nitrogens is 1. The van der Waals surface area contributed by atoms with E-state index in [1.807, 2.05) is 25.1 Å². The highest BCUT2D eigenvalue weighted by Gasteiger charge is 2.35. The van der Waals surface area contributed by atoms with Crippen LogP contribution in [0.4, 0.5) is 0 Å². The summed E-state index contributed by atoms with van der Waals surface area (Å²) in [5.41, 5.74) is 0.966. The first-order valence-corrected chi connectivity index (χ1v) is 11.8. The van der Waals surface area contributed by atoms with Crippen LogP contribution in [0.25, 0.3) is 0 Å². The number of carbonyl (C=O) groups excluding carboxylic acids is 2. The number of nitrogens with zero attached hydrogens (tertiary/aromatic N) is 1. The Morgan fingerprint density at radius 1 is 1.17 bits per heavy atom. The topological polar surface area (TPSA) is 116 Å². The van der Waals surface area contributed by atoms with Crippen molar-refractivity contribution in [3.63, 3.8) is 0 Å². The van der Waals surface area contributed by atoms with Gasteiger partial charge in [-0.3, -0.25) is 4.79 Å². The Hall–Kier alpha value is -3.17. The minimum Gasteiger partial charge on any atom is -0.503 e. The lowest BCUT2D eigenvalue weighted by molar-refractivity contribution is -0.161. The molecule has 4 atom stereocenters. The molecule has 1 aromatic heterocycles. The second kappa shape index (κ2) is 13.1. The third-order valence-corrected chi connectivity index (χ3v) is 6.15. The lowest BCUT2D eigenvalue weighted by Crippen LogP contribution is -2.44. The minimum absolute atomic E-state index is 0.107. The number of methoxy groups -OCH3 is 2. The Labute approximate surface area is 205 Å². The van der Waals surface area contributed by atoms with Crippen LogP contribution in [0.3, 0.4) is 0 Å². The first-order valence-electron chi connectivity index (χ1n) is 11.8. The number of rotatable bonds is 9. The number of pyridine rings is 1. The van der Waals surface area contributed by atoms with Crippen molar-refractivity contribution in [2.75, 3.05) is 27.4 Å². The van der Waals surface area contributed by atoms with Crippen LogP contribution >= 0.6 is 0 Å². The fourth-order valence-electron chi connectivity index (χ4n) is 4.38. The molecule has 4 unspecified atom stereocenters. The molecule has 3 rings (SSSR count). The van der Waals surface area contributed by atoms with Gasteiger partial charge in [-0.15, -0.1) is 0 Å². The number of esters is 1. The van der Waals surface area contributed by atoms with Crippen LogP contribution in [0.5, 0.6) is 11.5 Å². The van der Waals surface area contributed by atoms with Crippen LogP contribution in [0, 0.1) is 5.92 Å². The van der Waals surface area contributed by atoms with E-state index in [2.05, 4.69) is 22.4 Å². The van der Waals surface area contributed by atoms with E-state index in [-0.39, 0.29) is 29.2 Å². The lowest BCUT2D eigenvalue weighted by Gasteiger charge is -2.31. The van der Waals surface area contributed by atoms with E-state index in [0.29, 0.717) is 26.1 Å². The molecule has 1 amide bonds. The number of carbonyl (C=O) groups is 2. The third kappa shape index (κ3) is 7.16. The van der Waals surface area contributed by atoms with Crippen molar-refractivity contribution in [3.05, 3.63) is 53.9 Å². The minimum atomic E-state index is -0.882. The van der Waals surface area contributed by atoms with Gasteiger partial charge in [-0.25, -0.2) is 9.78 Å². The van der Waals surface area contributed by atoms with Crippen molar-refractivity contribution in [1.82, 2.24) is 10.3 Å². The Morgan fingerprint density at radius 3 is 2.66 bits per heavy atom. The number of cyclic esters (lactones) is 1. The third-order valence-electron chi connectivity index (χ3n) is 6.15. The highest BCUT2D eigenvalue weighted by atomic mass is 16.6. The second-order valence-corrected chi connectivity index (χ2v) is 8.59. The standard InChI is InChI=1S/C26H34N2O7/c1-17-24(34-15-14-32-2)19(16-18-8-5-4-6-9-18)10-7-11-20(26(31)35-17)28-25(30)22-23(29)21(33-3)12-13-27-22/h4-6,8-9,12-13,17,19-20,24,29H,7,10-11,14-16H2,1-3H3,(H,28,30). The zero-order chi connectivity index (χ0) is 25.2. The summed E-state index contributed by atoms with van der Waals surface area (Å²) in [5.74, 6) is -1.38. The van der Waals surface area contributed by atoms with E-state index < -0.39 is 24.0 Å². The summed E-state index contributed by atoms with van der Waals surface area (Å²) in [7, 11) is 2.99. The van der Waals surface area contributed by atoms with Crippen LogP contribution in [0.1, 0.15) is 42.2 Å². The number of benzene rings is 1. The Kier molecular flexibility index (Phi) is 9.86. The van der Waals surface area contributed by atoms with Gasteiger partial charge in [0.25, 0.3) is 5.91 Å². The lowest BCUT2D eigenvalue weighted by atomic mass is 9.87. The van der Waals surface area contributed by atoms with Gasteiger partial charge in [-0.2, -0.15) is 0 Å². The number of nitrogens with one attached hydrogen (secondary N) is 1. The molecule has 0 bridgehead atoms. The predicted molar refractivity (Wildman–Crippen MR) is 128 cm³/mol. The largest absolute Gasteiger partial charge is 0.503 e. The number of aromatic hydroxyl groups is 1. The number of ether oxygens (including phenoxy) is 4. The molecular formula is C26H34N2O7. The maximum absolute atomic E-state index is 13.0. The van der Waals surface area contributed by atoms with E-state index in [1.165, 1.54) is 24.9 Å². The van der Waals surface area contributed by atoms with Crippen LogP contribution in [-0.2, 0) is 25.4 Å². The molecule has 2 N–H and O–H groups in total. The average molecular weight is 487 g/mol. The summed E-state index contributed by atoms with van der Waals surface area (Å²) >= 11 is 0. The molecule has 0 spiro atoms. The molecule has 9 heteroatoms. The zero-order valence-electron chi connectivity index (χ0n) is 20.4. The molecule has 2 aromatic rings. The molecule has 190 valence electrons. The Balaban J connectivity index is 1.76. The molecular weight excluding hydrogens is 452 g/mol. The molecule has 0 saturated carbocycles. The monoisotopic (exact) mass is 486 g/mol. The maximum Gasteiger partial charge on any atom is 0.329 e. The van der Waals surface area contributed by atoms with Crippen LogP contribution in [0.15, 0.2) is 42.6 Å². The van der Waals surface area contributed by atoms with Gasteiger partial charge in [0.05, 0.1) is 26.4 Å². The van der Waals surface area contributed by atoms with Gasteiger partial charge in [0.2, 0.25) is 0 Å². The van der Waals surface area contributed by atoms with Crippen LogP contribution < -0.4 is 10.1 Å². The summed E-state index contributed by atoms with van der Waals surface area (Å²) in [6.07, 6.45) is 3.11. The molecule has 2 heterocycles. The zero-order valence-corrected chi connectivity index (χ0v) is 20.4. The van der Waals surface area contributed by atoms with E-state index in [0.717, 1.165) is 12.8 Å². The summed E-state index contributed by atoms with van der Waals surface area (Å²) < 4.78 is 22.1. The smallest absolute Gasteiger partial charge is 0.329 e. The molecule has 1 fully saturated rings. The molecule has 1 saturated heterocycles. The average Bonchev–Trinajstić information content (AvgIpc) is 2.90. The van der Waals surface area contributed by atoms with E-state index >= 15 is 0 Å². The van der Waals surface area contributed by atoms with Gasteiger partial charge in [0, 0.05) is 19.4 Å². The van der Waals surface area contributed by atoms with E-state index in [4.69, 9.17) is 18.9 Å². The SMILES string of the molecule is COCCOC1C(Cc2ccccc2)CCCC(NC(=O)c2nccc(OC)c2O)C(=O)OC1C.